The molecule has 5 nitrogen and oxygen atoms in total. The number of hydrogen-bond acceptors (Lipinski definition) is 4. The lowest BCUT2D eigenvalue weighted by Gasteiger charge is -1.78. The lowest BCUT2D eigenvalue weighted by molar-refractivity contribution is -0.192. The topological polar surface area (TPSA) is 89.6 Å². The predicted molar refractivity (Wildman–Crippen MR) is 20.1 cm³/mol. The second-order valence-corrected chi connectivity index (χ2v) is 0.670. The monoisotopic (exact) mass is 143 g/mol. The van der Waals surface area contributed by atoms with Crippen molar-refractivity contribution in [1.29, 1.82) is 0 Å². The number of aliphatic carboxylic acids is 1. The largest absolute Gasteiger partial charge is 0.473 e. The van der Waals surface area contributed by atoms with Crippen LogP contribution < -0.4 is 5.96 Å². The minimum atomic E-state index is -1.94. The fourth-order valence-electron chi connectivity index (χ4n) is 0.0330. The van der Waals surface area contributed by atoms with Gasteiger partial charge in [-0.2, -0.15) is 5.96 Å². The Balaban J connectivity index is 0. The summed E-state index contributed by atoms with van der Waals surface area (Å²) in [5, 5.41) is 7.47. The number of halogens is 2. The summed E-state index contributed by atoms with van der Waals surface area (Å²) in [6.45, 7) is 0. The fraction of sp³-hybridized carbons (Fsp3) is 0. The molecule has 0 aliphatic rings. The fourth-order valence-corrected chi connectivity index (χ4v) is 0.0330. The number of carboxylic acids is 1. The first kappa shape index (κ1) is 10.7. The molecule has 0 fully saturated rings. The summed E-state index contributed by atoms with van der Waals surface area (Å²) in [7, 11) is 0. The molecule has 0 aromatic rings. The van der Waals surface area contributed by atoms with Gasteiger partial charge in [0.25, 0.3) is 0 Å². The zero-order chi connectivity index (χ0) is 7.86. The summed E-state index contributed by atoms with van der Waals surface area (Å²) >= 11 is 0. The summed E-state index contributed by atoms with van der Waals surface area (Å²) in [4.78, 5) is 20.8. The van der Waals surface area contributed by atoms with Crippen LogP contribution in [0.2, 0.25) is 0 Å². The van der Waals surface area contributed by atoms with Crippen LogP contribution in [0, 0.1) is 0 Å². The van der Waals surface area contributed by atoms with Crippen molar-refractivity contribution in [3.63, 3.8) is 0 Å². The molecule has 0 amide bonds. The number of nitrogens with two attached hydrogens (primary N) is 1. The normalized spacial score (nSPS) is 6.56. The molecule has 9 heavy (non-hydrogen) atoms. The zero-order valence-corrected chi connectivity index (χ0v) is 4.01. The minimum absolute atomic E-state index is 1.90. The van der Waals surface area contributed by atoms with Crippen LogP contribution in [0.4, 0.5) is 9.01 Å². The van der Waals surface area contributed by atoms with Crippen LogP contribution in [-0.4, -0.2) is 17.0 Å². The van der Waals surface area contributed by atoms with Crippen LogP contribution >= 0.6 is 0 Å². The third kappa shape index (κ3) is 6.76. The highest BCUT2D eigenvalue weighted by molar-refractivity contribution is 6.28. The van der Waals surface area contributed by atoms with Gasteiger partial charge in [0.2, 0.25) is 0 Å². The maximum absolute atomic E-state index is 10.4. The van der Waals surface area contributed by atoms with Crippen molar-refractivity contribution < 1.29 is 28.6 Å². The van der Waals surface area contributed by atoms with Crippen LogP contribution in [0.3, 0.4) is 0 Å². The van der Waals surface area contributed by atoms with E-state index >= 15 is 0 Å². The van der Waals surface area contributed by atoms with Gasteiger partial charge >= 0.3 is 11.9 Å². The maximum atomic E-state index is 10.4. The van der Waals surface area contributed by atoms with Gasteiger partial charge in [0, 0.05) is 4.53 Å². The Labute approximate surface area is 47.8 Å². The predicted octanol–water partition coefficient (Wildman–Crippen LogP) is -0.672. The second kappa shape index (κ2) is 6.76. The second-order valence-electron chi connectivity index (χ2n) is 0.670. The molecule has 0 atom stereocenters. The standard InChI is InChI=1S/C2HFO4.FH2N/c3-7-2(6)1(4)5;1-2/h(H,4,5);2H2. The van der Waals surface area contributed by atoms with Gasteiger partial charge in [0.05, 0.1) is 0 Å². The summed E-state index contributed by atoms with van der Waals surface area (Å²) in [6.07, 6.45) is 0. The van der Waals surface area contributed by atoms with E-state index in [9.17, 15) is 14.1 Å². The molecule has 0 radical (unpaired) electrons. The maximum Gasteiger partial charge on any atom is 0.456 e. The Morgan fingerprint density at radius 2 is 1.78 bits per heavy atom. The first-order chi connectivity index (χ1) is 4.18. The Kier molecular flexibility index (Phi) is 8.03. The summed E-state index contributed by atoms with van der Waals surface area (Å²) in [6, 6.07) is 0. The Morgan fingerprint density at radius 1 is 1.44 bits per heavy atom. The lowest BCUT2D eigenvalue weighted by Crippen LogP contribution is -2.11. The minimum Gasteiger partial charge on any atom is -0.473 e. The van der Waals surface area contributed by atoms with Gasteiger partial charge in [-0.05, 0) is 0 Å². The van der Waals surface area contributed by atoms with Crippen LogP contribution in [-0.2, 0) is 14.5 Å². The molecule has 0 spiro atoms. The van der Waals surface area contributed by atoms with E-state index in [1.165, 1.54) is 0 Å². The van der Waals surface area contributed by atoms with Crippen molar-refractivity contribution in [2.24, 2.45) is 5.96 Å². The van der Waals surface area contributed by atoms with Crippen LogP contribution in [0.25, 0.3) is 0 Å². The molecule has 0 aliphatic heterocycles. The average molecular weight is 143 g/mol. The lowest BCUT2D eigenvalue weighted by atomic mass is 10.7. The number of carbonyl (C=O) groups is 2. The molecule has 54 valence electrons. The van der Waals surface area contributed by atoms with Crippen LogP contribution in [0.1, 0.15) is 0 Å². The molecule has 0 aromatic carbocycles. The van der Waals surface area contributed by atoms with Gasteiger partial charge in [0.1, 0.15) is 0 Å². The molecule has 3 N–H and O–H groups in total. The smallest absolute Gasteiger partial charge is 0.456 e. The van der Waals surface area contributed by atoms with Gasteiger partial charge < -0.3 is 5.11 Å². The molecule has 0 rings (SSSR count). The highest BCUT2D eigenvalue weighted by Crippen LogP contribution is 1.74. The summed E-state index contributed by atoms with van der Waals surface area (Å²) in [5.41, 5.74) is 0. The first-order valence-electron chi connectivity index (χ1n) is 1.46. The van der Waals surface area contributed by atoms with Gasteiger partial charge in [-0.3, -0.25) is 0 Å². The Hall–Kier alpha value is -1.24. The third-order valence-corrected chi connectivity index (χ3v) is 0.245. The molecule has 0 bridgehead atoms. The molecule has 0 saturated heterocycles. The van der Waals surface area contributed by atoms with E-state index in [0.717, 1.165) is 0 Å². The molecule has 0 aliphatic carbocycles. The van der Waals surface area contributed by atoms with E-state index < -0.39 is 11.9 Å². The van der Waals surface area contributed by atoms with Gasteiger partial charge in [0.15, 0.2) is 0 Å². The van der Waals surface area contributed by atoms with E-state index in [4.69, 9.17) is 9.59 Å². The van der Waals surface area contributed by atoms with Crippen molar-refractivity contribution in [3.05, 3.63) is 0 Å². The zero-order valence-electron chi connectivity index (χ0n) is 4.01. The van der Waals surface area contributed by atoms with Crippen LogP contribution in [0.15, 0.2) is 0 Å². The molecule has 7 heteroatoms. The molecular formula is C2H3F2NO4. The first-order valence-corrected chi connectivity index (χ1v) is 1.46. The van der Waals surface area contributed by atoms with E-state index in [1.807, 2.05) is 0 Å². The summed E-state index contributed by atoms with van der Waals surface area (Å²) < 4.78 is 19.4. The Bertz CT molecular complexity index is 105. The van der Waals surface area contributed by atoms with Gasteiger partial charge in [-0.1, -0.05) is 0 Å². The molecule has 0 heterocycles. The van der Waals surface area contributed by atoms with Gasteiger partial charge in [-0.15, -0.1) is 4.48 Å². The number of rotatable bonds is 0. The van der Waals surface area contributed by atoms with E-state index in [-0.39, 0.29) is 0 Å². The average Bonchev–Trinajstić information content (AvgIpc) is 1.91. The molecule has 0 aromatic heterocycles. The highest BCUT2D eigenvalue weighted by atomic mass is 19.3. The van der Waals surface area contributed by atoms with Crippen molar-refractivity contribution in [2.75, 3.05) is 0 Å². The quantitative estimate of drug-likeness (QED) is 0.346. The van der Waals surface area contributed by atoms with E-state index in [0.29, 0.717) is 0 Å². The van der Waals surface area contributed by atoms with Gasteiger partial charge in [-0.25, -0.2) is 14.5 Å². The highest BCUT2D eigenvalue weighted by Gasteiger charge is 2.12. The van der Waals surface area contributed by atoms with E-state index in [1.54, 1.807) is 0 Å². The molecule has 0 unspecified atom stereocenters. The number of carbonyl (C=O) groups excluding carboxylic acids is 1. The van der Waals surface area contributed by atoms with Crippen LogP contribution in [0.5, 0.6) is 0 Å². The number of carboxylic acid groups (broad SMARTS) is 1. The molecular weight excluding hydrogens is 140 g/mol. The van der Waals surface area contributed by atoms with Crippen molar-refractivity contribution >= 4 is 11.9 Å². The van der Waals surface area contributed by atoms with Crippen molar-refractivity contribution in [2.45, 2.75) is 0 Å². The third-order valence-electron chi connectivity index (χ3n) is 0.245. The van der Waals surface area contributed by atoms with Crippen molar-refractivity contribution in [3.8, 4) is 0 Å². The molecule has 0 saturated carbocycles. The van der Waals surface area contributed by atoms with Crippen molar-refractivity contribution in [1.82, 2.24) is 0 Å². The Morgan fingerprint density at radius 3 is 1.78 bits per heavy atom. The van der Waals surface area contributed by atoms with E-state index in [2.05, 4.69) is 10.9 Å². The SMILES string of the molecule is NF.O=C(O)C(=O)OF. The summed E-state index contributed by atoms with van der Waals surface area (Å²) in [5.74, 6) is -0.845. The number of hydrogen-bond donors (Lipinski definition) is 2.